The molecule has 0 atom stereocenters. The second-order valence-corrected chi connectivity index (χ2v) is 3.88. The van der Waals surface area contributed by atoms with Gasteiger partial charge in [0.1, 0.15) is 0 Å². The van der Waals surface area contributed by atoms with Crippen molar-refractivity contribution >= 4 is 21.7 Å². The molecular weight excluding hydrogens is 214 g/mol. The number of rotatable bonds is 0. The highest BCUT2D eigenvalue weighted by molar-refractivity contribution is 5.90. The highest BCUT2D eigenvalue weighted by atomic mass is 16.5. The fraction of sp³-hybridized carbons (Fsp3) is 0. The van der Waals surface area contributed by atoms with E-state index in [0.717, 1.165) is 10.1 Å². The monoisotopic (exact) mass is 223 g/mol. The molecule has 0 amide bonds. The first-order chi connectivity index (χ1) is 8.27. The molecule has 3 nitrogen and oxygen atoms in total. The summed E-state index contributed by atoms with van der Waals surface area (Å²) < 4.78 is 0.718. The minimum absolute atomic E-state index is 0.106. The first-order valence-electron chi connectivity index (χ1n) is 5.31. The highest BCUT2D eigenvalue weighted by Gasteiger charge is 2.06. The zero-order valence-electron chi connectivity index (χ0n) is 8.96. The molecule has 0 saturated heterocycles. The predicted molar refractivity (Wildman–Crippen MR) is 66.7 cm³/mol. The third-order valence-electron chi connectivity index (χ3n) is 2.87. The van der Waals surface area contributed by atoms with Gasteiger partial charge in [0.2, 0.25) is 5.52 Å². The van der Waals surface area contributed by atoms with Crippen molar-refractivity contribution in [3.8, 4) is 0 Å². The van der Waals surface area contributed by atoms with Gasteiger partial charge in [0.05, 0.1) is 5.39 Å². The number of pyridine rings is 1. The van der Waals surface area contributed by atoms with Crippen molar-refractivity contribution in [3.05, 3.63) is 70.2 Å². The SMILES string of the molecule is O=c1c2ccccc2ccc2c1ccc[n+]2[O-]. The van der Waals surface area contributed by atoms with E-state index in [1.165, 1.54) is 6.20 Å². The van der Waals surface area contributed by atoms with E-state index >= 15 is 0 Å². The van der Waals surface area contributed by atoms with E-state index in [2.05, 4.69) is 0 Å². The smallest absolute Gasteiger partial charge is 0.227 e. The van der Waals surface area contributed by atoms with E-state index in [9.17, 15) is 10.0 Å². The van der Waals surface area contributed by atoms with Gasteiger partial charge in [0, 0.05) is 17.5 Å². The van der Waals surface area contributed by atoms with Crippen LogP contribution in [0.3, 0.4) is 0 Å². The summed E-state index contributed by atoms with van der Waals surface area (Å²) in [5.41, 5.74) is 0.291. The van der Waals surface area contributed by atoms with Crippen molar-refractivity contribution in [3.63, 3.8) is 0 Å². The topological polar surface area (TPSA) is 44.0 Å². The number of hydrogen-bond donors (Lipinski definition) is 0. The van der Waals surface area contributed by atoms with Crippen molar-refractivity contribution in [2.75, 3.05) is 0 Å². The quantitative estimate of drug-likeness (QED) is 0.432. The van der Waals surface area contributed by atoms with Crippen molar-refractivity contribution in [1.29, 1.82) is 0 Å². The van der Waals surface area contributed by atoms with Crippen LogP contribution in [0.5, 0.6) is 0 Å². The minimum Gasteiger partial charge on any atom is -0.618 e. The first kappa shape index (κ1) is 9.78. The molecule has 17 heavy (non-hydrogen) atoms. The zero-order valence-corrected chi connectivity index (χ0v) is 8.96. The molecule has 0 aliphatic carbocycles. The van der Waals surface area contributed by atoms with Crippen molar-refractivity contribution < 1.29 is 4.73 Å². The van der Waals surface area contributed by atoms with Gasteiger partial charge < -0.3 is 5.21 Å². The fourth-order valence-corrected chi connectivity index (χ4v) is 2.02. The molecule has 0 spiro atoms. The van der Waals surface area contributed by atoms with Crippen molar-refractivity contribution in [2.24, 2.45) is 0 Å². The summed E-state index contributed by atoms with van der Waals surface area (Å²) in [6.07, 6.45) is 1.40. The molecule has 2 aromatic carbocycles. The van der Waals surface area contributed by atoms with E-state index in [1.54, 1.807) is 30.3 Å². The van der Waals surface area contributed by atoms with Crippen LogP contribution in [-0.2, 0) is 0 Å². The van der Waals surface area contributed by atoms with Crippen LogP contribution in [0.4, 0.5) is 0 Å². The second kappa shape index (κ2) is 3.56. The Labute approximate surface area is 97.1 Å². The number of nitrogens with zero attached hydrogens (tertiary/aromatic N) is 1. The molecule has 0 bridgehead atoms. The molecule has 0 radical (unpaired) electrons. The molecule has 0 aliphatic rings. The lowest BCUT2D eigenvalue weighted by molar-refractivity contribution is -0.577. The number of aromatic nitrogens is 1. The van der Waals surface area contributed by atoms with E-state index in [4.69, 9.17) is 0 Å². The summed E-state index contributed by atoms with van der Waals surface area (Å²) in [6.45, 7) is 0. The highest BCUT2D eigenvalue weighted by Crippen LogP contribution is 2.12. The molecule has 3 aromatic rings. The summed E-state index contributed by atoms with van der Waals surface area (Å²) in [5, 5.41) is 13.5. The van der Waals surface area contributed by atoms with Crippen LogP contribution in [-0.4, -0.2) is 0 Å². The summed E-state index contributed by atoms with van der Waals surface area (Å²) in [4.78, 5) is 12.3. The van der Waals surface area contributed by atoms with Gasteiger partial charge in [-0.2, -0.15) is 4.73 Å². The molecule has 1 aromatic heterocycles. The Morgan fingerprint density at radius 3 is 2.53 bits per heavy atom. The Morgan fingerprint density at radius 1 is 0.882 bits per heavy atom. The second-order valence-electron chi connectivity index (χ2n) is 3.88. The first-order valence-corrected chi connectivity index (χ1v) is 5.31. The lowest BCUT2D eigenvalue weighted by Crippen LogP contribution is -2.26. The summed E-state index contributed by atoms with van der Waals surface area (Å²) in [5.74, 6) is 0. The van der Waals surface area contributed by atoms with Gasteiger partial charge in [-0.1, -0.05) is 24.3 Å². The summed E-state index contributed by atoms with van der Waals surface area (Å²) >= 11 is 0. The number of benzene rings is 1. The van der Waals surface area contributed by atoms with Crippen LogP contribution in [0.15, 0.2) is 59.5 Å². The third-order valence-corrected chi connectivity index (χ3v) is 2.87. The third kappa shape index (κ3) is 1.44. The van der Waals surface area contributed by atoms with Crippen molar-refractivity contribution in [1.82, 2.24) is 0 Å². The van der Waals surface area contributed by atoms with Crippen LogP contribution in [0, 0.1) is 5.21 Å². The largest absolute Gasteiger partial charge is 0.618 e. The number of hydrogen-bond acceptors (Lipinski definition) is 2. The van der Waals surface area contributed by atoms with Gasteiger partial charge in [-0.15, -0.1) is 0 Å². The van der Waals surface area contributed by atoms with Gasteiger partial charge in [-0.05, 0) is 17.5 Å². The zero-order chi connectivity index (χ0) is 11.8. The van der Waals surface area contributed by atoms with E-state index in [0.29, 0.717) is 16.3 Å². The molecule has 82 valence electrons. The fourth-order valence-electron chi connectivity index (χ4n) is 2.02. The average Bonchev–Trinajstić information content (AvgIpc) is 2.50. The average molecular weight is 223 g/mol. The normalized spacial score (nSPS) is 10.8. The van der Waals surface area contributed by atoms with E-state index in [1.807, 2.05) is 18.2 Å². The molecular formula is C14H9NO2. The molecule has 0 unspecified atom stereocenters. The van der Waals surface area contributed by atoms with Crippen LogP contribution in [0.1, 0.15) is 0 Å². The summed E-state index contributed by atoms with van der Waals surface area (Å²) in [6, 6.07) is 14.1. The lowest BCUT2D eigenvalue weighted by atomic mass is 10.2. The van der Waals surface area contributed by atoms with Gasteiger partial charge in [0.15, 0.2) is 11.6 Å². The molecule has 0 aliphatic heterocycles. The van der Waals surface area contributed by atoms with E-state index in [-0.39, 0.29) is 5.43 Å². The minimum atomic E-state index is -0.106. The predicted octanol–water partition coefficient (Wildman–Crippen LogP) is 1.99. The molecule has 3 rings (SSSR count). The Balaban J connectivity index is 2.69. The molecule has 0 saturated carbocycles. The van der Waals surface area contributed by atoms with Gasteiger partial charge in [0.25, 0.3) is 0 Å². The van der Waals surface area contributed by atoms with Crippen LogP contribution in [0.2, 0.25) is 0 Å². The van der Waals surface area contributed by atoms with Gasteiger partial charge >= 0.3 is 0 Å². The standard InChI is InChI=1S/C14H9NO2/c16-14-11-5-2-1-4-10(11)7-8-13-12(14)6-3-9-15(13)17/h1-9H. The molecule has 0 fully saturated rings. The lowest BCUT2D eigenvalue weighted by Gasteiger charge is -1.96. The van der Waals surface area contributed by atoms with Crippen molar-refractivity contribution in [2.45, 2.75) is 0 Å². The maximum atomic E-state index is 12.3. The molecule has 3 heteroatoms. The Kier molecular flexibility index (Phi) is 2.05. The Hall–Kier alpha value is -2.42. The molecule has 0 N–H and O–H groups in total. The Morgan fingerprint density at radius 2 is 1.65 bits per heavy atom. The molecule has 1 heterocycles. The van der Waals surface area contributed by atoms with Gasteiger partial charge in [-0.3, -0.25) is 4.79 Å². The Bertz CT molecular complexity index is 781. The van der Waals surface area contributed by atoms with Crippen LogP contribution in [0.25, 0.3) is 21.7 Å². The van der Waals surface area contributed by atoms with Crippen LogP contribution < -0.4 is 10.2 Å². The number of fused-ring (bicyclic) bond motifs is 2. The summed E-state index contributed by atoms with van der Waals surface area (Å²) in [7, 11) is 0. The van der Waals surface area contributed by atoms with Crippen LogP contribution >= 0.6 is 0 Å². The maximum Gasteiger partial charge on any atom is 0.227 e. The van der Waals surface area contributed by atoms with E-state index < -0.39 is 0 Å². The van der Waals surface area contributed by atoms with Gasteiger partial charge in [-0.25, -0.2) is 0 Å². The maximum absolute atomic E-state index is 12.3.